The Bertz CT molecular complexity index is 1780. The molecule has 0 saturated heterocycles. The molecule has 0 aromatic carbocycles. The largest absolute Gasteiger partial charge is 0.550 e. The molecule has 0 rings (SSSR count). The fourth-order valence-corrected chi connectivity index (χ4v) is 8.56. The number of esters is 4. The zero-order valence-corrected chi connectivity index (χ0v) is 63.9. The maximum atomic E-state index is 11.8. The van der Waals surface area contributed by atoms with Crippen LogP contribution in [0.15, 0.2) is 12.7 Å². The fourth-order valence-electron chi connectivity index (χ4n) is 8.56. The molecule has 0 aliphatic carbocycles. The number of hydrogen-bond donors (Lipinski definition) is 6. The Morgan fingerprint density at radius 2 is 0.732 bits per heavy atom. The molecule has 97 heavy (non-hydrogen) atoms. The van der Waals surface area contributed by atoms with E-state index < -0.39 is 5.97 Å². The van der Waals surface area contributed by atoms with Gasteiger partial charge in [0.25, 0.3) is 0 Å². The molecule has 0 aromatic rings. The number of carbonyl (C=O) groups is 8. The van der Waals surface area contributed by atoms with Crippen LogP contribution in [0, 0.1) is 0 Å². The number of nitrogens with one attached hydrogen (secondary N) is 1. The fraction of sp³-hybridized carbons (Fsp3) is 0.849. The van der Waals surface area contributed by atoms with Gasteiger partial charge in [0.15, 0.2) is 0 Å². The normalized spacial score (nSPS) is 9.95. The Morgan fingerprint density at radius 3 is 1.04 bits per heavy atom. The number of unbranched alkanes of at least 4 members (excludes halogenated alkanes) is 15. The Hall–Kier alpha value is -5.36. The Labute approximate surface area is 589 Å². The second-order valence-electron chi connectivity index (χ2n) is 23.9. The van der Waals surface area contributed by atoms with Crippen molar-refractivity contribution in [3.05, 3.63) is 12.7 Å². The zero-order chi connectivity index (χ0) is 74.5. The summed E-state index contributed by atoms with van der Waals surface area (Å²) in [4.78, 5) is 112. The topological polar surface area (TPSA) is 339 Å². The summed E-state index contributed by atoms with van der Waals surface area (Å²) in [5.74, 6) is -1.44. The van der Waals surface area contributed by atoms with Crippen LogP contribution >= 0.6 is 0 Å². The highest BCUT2D eigenvalue weighted by Gasteiger charge is 2.10. The van der Waals surface area contributed by atoms with E-state index in [4.69, 9.17) is 33.6 Å². The number of likely N-dealkylation sites (N-methyl/N-ethyl adjacent to an activating group) is 2. The van der Waals surface area contributed by atoms with Crippen LogP contribution in [-0.2, 0) is 66.9 Å². The maximum Gasteiger partial charge on any atom is 0.373 e. The molecule has 0 aliphatic rings. The first-order valence-electron chi connectivity index (χ1n) is 37.4. The number of amides is 3. The summed E-state index contributed by atoms with van der Waals surface area (Å²) in [5, 5.41) is 31.2. The molecule has 0 spiro atoms. The second kappa shape index (κ2) is 92.7. The lowest BCUT2D eigenvalue weighted by Crippen LogP contribution is -3.00. The van der Waals surface area contributed by atoms with Gasteiger partial charge in [0.2, 0.25) is 17.7 Å². The molecule has 10 N–H and O–H groups in total. The lowest BCUT2D eigenvalue weighted by molar-refractivity contribution is -0.760. The van der Waals surface area contributed by atoms with Gasteiger partial charge in [-0.3, -0.25) is 33.6 Å². The van der Waals surface area contributed by atoms with Crippen LogP contribution in [0.5, 0.6) is 0 Å². The summed E-state index contributed by atoms with van der Waals surface area (Å²) in [6, 6.07) is 0. The second-order valence-corrected chi connectivity index (χ2v) is 23.9. The Morgan fingerprint density at radius 1 is 0.423 bits per heavy atom. The van der Waals surface area contributed by atoms with Crippen molar-refractivity contribution in [1.29, 1.82) is 0 Å². The first-order valence-corrected chi connectivity index (χ1v) is 37.4. The number of aliphatic carboxylic acids is 1. The smallest absolute Gasteiger partial charge is 0.373 e. The molecule has 24 heteroatoms. The number of rotatable bonds is 58. The predicted molar refractivity (Wildman–Crippen MR) is 382 cm³/mol. The molecule has 0 bridgehead atoms. The standard InChI is InChI=1S/C23H43NO5.C19H34O6.C10H26N4.C9H19NO2.C7H13NO.C4H11N.CO2/c1-4-6-7-8-11-16-22(26)29-20-14-12-17-23(27)28-19-13-9-10-15-21(25)24(3)18-5-2;1-2-3-4-5-8-13-18(22)25-16-11-9-14-19(23)24-15-10-6-7-12-17(20)21;1-3-4-12-7-8-14-10-9-13-6-5-11-2;1-3-7-10(2)9(12)6-4-5-8-11;1-4-6-8(3)7(9)5-2;1-3-4-5-2;2-1-3/h4-20H2,1-3H3;2-16H2,1H3,(H,20,21);11-14H,3-10H2,1-2H3;11H,3-8H2,1-2H3;5H,2,4,6H2,1,3H3;5H,3-4H2,1-2H3;/p+3. The van der Waals surface area contributed by atoms with Crippen molar-refractivity contribution in [3.8, 4) is 0 Å². The number of aliphatic hydroxyl groups is 1. The molecule has 0 heterocycles. The van der Waals surface area contributed by atoms with Crippen LogP contribution in [0.3, 0.4) is 0 Å². The van der Waals surface area contributed by atoms with Crippen molar-refractivity contribution in [2.45, 2.75) is 267 Å². The van der Waals surface area contributed by atoms with E-state index in [1.54, 1.807) is 21.7 Å². The molecular formula is C73H149N8O16+3. The average Bonchev–Trinajstić information content (AvgIpc) is 3.64. The number of carboxylic acid groups (broad SMARTS) is 1. The predicted octanol–water partition coefficient (Wildman–Crippen LogP) is 5.32. The average molecular weight is 1400 g/mol. The van der Waals surface area contributed by atoms with Crippen LogP contribution in [0.25, 0.3) is 0 Å². The quantitative estimate of drug-likeness (QED) is 0.0194. The summed E-state index contributed by atoms with van der Waals surface area (Å²) in [6.07, 6.45) is 29.6. The van der Waals surface area contributed by atoms with Crippen molar-refractivity contribution in [1.82, 2.24) is 20.0 Å². The van der Waals surface area contributed by atoms with E-state index in [1.165, 1.54) is 103 Å². The van der Waals surface area contributed by atoms with Gasteiger partial charge in [-0.1, -0.05) is 106 Å². The van der Waals surface area contributed by atoms with Crippen LogP contribution in [0.2, 0.25) is 0 Å². The number of quaternary nitrogens is 4. The van der Waals surface area contributed by atoms with Gasteiger partial charge in [0, 0.05) is 91.9 Å². The molecule has 3 amide bonds. The Kier molecular flexibility index (Phi) is 100. The molecule has 0 unspecified atom stereocenters. The van der Waals surface area contributed by atoms with Crippen molar-refractivity contribution in [2.75, 3.05) is 140 Å². The first-order chi connectivity index (χ1) is 46.7. The molecule has 0 atom stereocenters. The van der Waals surface area contributed by atoms with Gasteiger partial charge in [-0.05, 0) is 148 Å². The monoisotopic (exact) mass is 1390 g/mol. The lowest BCUT2D eigenvalue weighted by atomic mass is 10.1. The highest BCUT2D eigenvalue weighted by atomic mass is 16.5. The van der Waals surface area contributed by atoms with E-state index in [1.807, 2.05) is 28.1 Å². The molecule has 0 radical (unpaired) electrons. The molecular weight excluding hydrogens is 1240 g/mol. The minimum atomic E-state index is -1.05. The number of carbonyl (C=O) groups excluding carboxylic acids is 10. The van der Waals surface area contributed by atoms with Gasteiger partial charge >= 0.3 is 30.0 Å². The molecule has 0 aliphatic heterocycles. The SMILES string of the molecule is C=CC(=O)N(C)CCC.CCCCCCCC(=O)OCCCCC(=O)OCCCCCC(=O)N(C)CCC.CCCCCCCC(=O)OCCCCC(=O)OCCCCCC(=O)[O-].CCCN(C)C(=O)CCCCO.CCCNC.CCC[NH2+]CC[NH2+]CC[NH2+]CC[NH2+]C.O=C=O. The van der Waals surface area contributed by atoms with E-state index in [0.717, 1.165) is 103 Å². The first kappa shape index (κ1) is 105. The molecule has 24 nitrogen and oxygen atoms in total. The molecule has 0 fully saturated rings. The van der Waals surface area contributed by atoms with E-state index in [-0.39, 0.29) is 60.8 Å². The van der Waals surface area contributed by atoms with Crippen LogP contribution < -0.4 is 31.7 Å². The summed E-state index contributed by atoms with van der Waals surface area (Å²) >= 11 is 0. The minimum absolute atomic E-state index is 0.00292. The van der Waals surface area contributed by atoms with Gasteiger partial charge in [-0.2, -0.15) is 9.59 Å². The summed E-state index contributed by atoms with van der Waals surface area (Å²) in [6.45, 7) is 32.3. The third-order valence-electron chi connectivity index (χ3n) is 14.3. The summed E-state index contributed by atoms with van der Waals surface area (Å²) in [7, 11) is 9.52. The van der Waals surface area contributed by atoms with Gasteiger partial charge in [-0.25, -0.2) is 0 Å². The lowest BCUT2D eigenvalue weighted by Gasteiger charge is -2.15. The van der Waals surface area contributed by atoms with Gasteiger partial charge in [0.1, 0.15) is 39.3 Å². The number of nitrogens with two attached hydrogens (primary N) is 4. The van der Waals surface area contributed by atoms with E-state index >= 15 is 0 Å². The number of carboxylic acids is 1. The van der Waals surface area contributed by atoms with Crippen molar-refractivity contribution >= 4 is 53.7 Å². The van der Waals surface area contributed by atoms with Gasteiger partial charge < -0.3 is 75.2 Å². The number of hydrogen-bond acceptors (Lipinski definition) is 17. The number of aliphatic hydroxyl groups excluding tert-OH is 1. The van der Waals surface area contributed by atoms with E-state index in [0.29, 0.717) is 110 Å². The highest BCUT2D eigenvalue weighted by molar-refractivity contribution is 5.86. The highest BCUT2D eigenvalue weighted by Crippen LogP contribution is 2.10. The third-order valence-corrected chi connectivity index (χ3v) is 14.3. The van der Waals surface area contributed by atoms with Gasteiger partial charge in [-0.15, -0.1) is 0 Å². The molecule has 0 saturated carbocycles. The third kappa shape index (κ3) is 102. The number of ether oxygens (including phenoxy) is 4. The van der Waals surface area contributed by atoms with E-state index in [9.17, 15) is 43.5 Å². The minimum Gasteiger partial charge on any atom is -0.550 e. The van der Waals surface area contributed by atoms with Crippen molar-refractivity contribution in [2.24, 2.45) is 0 Å². The van der Waals surface area contributed by atoms with Crippen LogP contribution in [0.1, 0.15) is 267 Å². The number of nitrogens with zero attached hydrogens (tertiary/aromatic N) is 3. The zero-order valence-electron chi connectivity index (χ0n) is 63.9. The molecule has 0 aromatic heterocycles. The van der Waals surface area contributed by atoms with Crippen LogP contribution in [0.4, 0.5) is 0 Å². The molecule has 574 valence electrons. The maximum absolute atomic E-state index is 11.8. The van der Waals surface area contributed by atoms with Crippen LogP contribution in [-0.4, -0.2) is 214 Å². The Balaban J connectivity index is -0.000000214. The summed E-state index contributed by atoms with van der Waals surface area (Å²) in [5.41, 5.74) is 0. The summed E-state index contributed by atoms with van der Waals surface area (Å²) < 4.78 is 20.6. The van der Waals surface area contributed by atoms with Gasteiger partial charge in [0.05, 0.1) is 40.0 Å². The van der Waals surface area contributed by atoms with Crippen molar-refractivity contribution < 1.29 is 98.4 Å². The van der Waals surface area contributed by atoms with Crippen molar-refractivity contribution in [3.63, 3.8) is 0 Å². The van der Waals surface area contributed by atoms with E-state index in [2.05, 4.69) is 81.8 Å².